The number of ether oxygens (including phenoxy) is 1. The lowest BCUT2D eigenvalue weighted by atomic mass is 10.0. The molecule has 0 radical (unpaired) electrons. The summed E-state index contributed by atoms with van der Waals surface area (Å²) in [4.78, 5) is 26.1. The molecule has 66 heavy (non-hydrogen) atoms. The molecular formula is C60H99NO5. The van der Waals surface area contributed by atoms with Crippen LogP contribution >= 0.6 is 0 Å². The topological polar surface area (TPSA) is 95.9 Å². The lowest BCUT2D eigenvalue weighted by Gasteiger charge is -2.23. The highest BCUT2D eigenvalue weighted by Crippen LogP contribution is 2.15. The second kappa shape index (κ2) is 52.2. The van der Waals surface area contributed by atoms with Gasteiger partial charge in [-0.1, -0.05) is 233 Å². The van der Waals surface area contributed by atoms with Gasteiger partial charge >= 0.3 is 5.97 Å². The number of carbonyl (C=O) groups is 2. The van der Waals surface area contributed by atoms with E-state index in [0.717, 1.165) is 77.0 Å². The number of rotatable bonds is 46. The van der Waals surface area contributed by atoms with Gasteiger partial charge in [-0.05, 0) is 96.0 Å². The van der Waals surface area contributed by atoms with Crippen LogP contribution in [0, 0.1) is 0 Å². The van der Waals surface area contributed by atoms with Crippen LogP contribution < -0.4 is 5.32 Å². The van der Waals surface area contributed by atoms with E-state index in [2.05, 4.69) is 135 Å². The normalized spacial score (nSPS) is 14.2. The van der Waals surface area contributed by atoms with Crippen LogP contribution in [0.15, 0.2) is 122 Å². The second-order valence-corrected chi connectivity index (χ2v) is 17.5. The first kappa shape index (κ1) is 62.3. The summed E-state index contributed by atoms with van der Waals surface area (Å²) in [5, 5.41) is 23.7. The molecule has 6 heteroatoms. The Hall–Kier alpha value is -3.74. The molecule has 0 spiro atoms. The van der Waals surface area contributed by atoms with Crippen LogP contribution in [0.1, 0.15) is 220 Å². The fourth-order valence-corrected chi connectivity index (χ4v) is 7.24. The summed E-state index contributed by atoms with van der Waals surface area (Å²) >= 11 is 0. The molecule has 0 aromatic heterocycles. The van der Waals surface area contributed by atoms with Crippen LogP contribution in [0.5, 0.6) is 0 Å². The van der Waals surface area contributed by atoms with Gasteiger partial charge in [0.05, 0.1) is 25.2 Å². The third-order valence-electron chi connectivity index (χ3n) is 11.3. The van der Waals surface area contributed by atoms with Crippen molar-refractivity contribution in [3.63, 3.8) is 0 Å². The third kappa shape index (κ3) is 46.8. The molecule has 6 nitrogen and oxygen atoms in total. The summed E-state index contributed by atoms with van der Waals surface area (Å²) in [6.45, 7) is 6.28. The van der Waals surface area contributed by atoms with Crippen molar-refractivity contribution in [1.29, 1.82) is 0 Å². The average molecular weight is 914 g/mol. The molecule has 0 aliphatic heterocycles. The molecule has 0 aliphatic rings. The van der Waals surface area contributed by atoms with Crippen molar-refractivity contribution < 1.29 is 24.5 Å². The molecule has 0 saturated carbocycles. The summed E-state index contributed by atoms with van der Waals surface area (Å²) < 4.78 is 5.80. The first-order chi connectivity index (χ1) is 32.5. The zero-order chi connectivity index (χ0) is 48.1. The van der Waals surface area contributed by atoms with Crippen LogP contribution in [0.3, 0.4) is 0 Å². The first-order valence-electron chi connectivity index (χ1n) is 26.8. The average Bonchev–Trinajstić information content (AvgIpc) is 3.31. The first-order valence-corrected chi connectivity index (χ1v) is 26.8. The van der Waals surface area contributed by atoms with Gasteiger partial charge in [-0.15, -0.1) is 0 Å². The molecule has 0 saturated heterocycles. The number of carbonyl (C=O) groups excluding carboxylic acids is 2. The predicted octanol–water partition coefficient (Wildman–Crippen LogP) is 16.5. The number of hydrogen-bond donors (Lipinski definition) is 3. The Bertz CT molecular complexity index is 1390. The van der Waals surface area contributed by atoms with Gasteiger partial charge in [-0.2, -0.15) is 0 Å². The van der Waals surface area contributed by atoms with Crippen LogP contribution in [0.2, 0.25) is 0 Å². The summed E-state index contributed by atoms with van der Waals surface area (Å²) in [6, 6.07) is -0.762. The molecule has 374 valence electrons. The molecule has 0 fully saturated rings. The largest absolute Gasteiger partial charge is 0.458 e. The van der Waals surface area contributed by atoms with Crippen molar-refractivity contribution in [2.24, 2.45) is 0 Å². The fourth-order valence-electron chi connectivity index (χ4n) is 7.24. The van der Waals surface area contributed by atoms with Gasteiger partial charge in [-0.3, -0.25) is 9.59 Å². The zero-order valence-corrected chi connectivity index (χ0v) is 42.5. The Morgan fingerprint density at radius 2 is 0.848 bits per heavy atom. The Kier molecular flexibility index (Phi) is 49.3. The van der Waals surface area contributed by atoms with E-state index in [4.69, 9.17) is 4.74 Å². The maximum absolute atomic E-state index is 13.2. The summed E-state index contributed by atoms with van der Waals surface area (Å²) in [7, 11) is 0. The van der Waals surface area contributed by atoms with Crippen molar-refractivity contribution in [1.82, 2.24) is 5.32 Å². The monoisotopic (exact) mass is 914 g/mol. The number of esters is 1. The number of hydrogen-bond acceptors (Lipinski definition) is 5. The lowest BCUT2D eigenvalue weighted by molar-refractivity contribution is -0.148. The molecule has 0 heterocycles. The van der Waals surface area contributed by atoms with Crippen molar-refractivity contribution in [2.45, 2.75) is 238 Å². The predicted molar refractivity (Wildman–Crippen MR) is 286 cm³/mol. The van der Waals surface area contributed by atoms with Gasteiger partial charge in [0, 0.05) is 6.42 Å². The van der Waals surface area contributed by atoms with Gasteiger partial charge < -0.3 is 20.3 Å². The van der Waals surface area contributed by atoms with Gasteiger partial charge in [-0.25, -0.2) is 0 Å². The zero-order valence-electron chi connectivity index (χ0n) is 42.5. The van der Waals surface area contributed by atoms with E-state index in [1.165, 1.54) is 89.9 Å². The molecular weight excluding hydrogens is 815 g/mol. The Morgan fingerprint density at radius 3 is 1.29 bits per heavy atom. The van der Waals surface area contributed by atoms with E-state index >= 15 is 0 Å². The van der Waals surface area contributed by atoms with Crippen LogP contribution in [0.4, 0.5) is 0 Å². The molecule has 0 bridgehead atoms. The SMILES string of the molecule is CC/C=C\C/C=C\C/C=C\C/C=C\C/C=C\C/C=C\C(CC(=O)NC(CO)C(O)CCCCCCCCCCCCCCC)OC(=O)CCC/C=C\C/C=C\C/C=C\C/C=C\CCCCC. The van der Waals surface area contributed by atoms with Crippen LogP contribution in [0.25, 0.3) is 0 Å². The van der Waals surface area contributed by atoms with Gasteiger partial charge in [0.25, 0.3) is 0 Å². The third-order valence-corrected chi connectivity index (χ3v) is 11.3. The van der Waals surface area contributed by atoms with E-state index in [9.17, 15) is 19.8 Å². The Labute approximate surface area is 406 Å². The minimum Gasteiger partial charge on any atom is -0.458 e. The van der Waals surface area contributed by atoms with Crippen molar-refractivity contribution >= 4 is 11.9 Å². The molecule has 0 rings (SSSR count). The summed E-state index contributed by atoms with van der Waals surface area (Å²) in [5.74, 6) is -0.707. The van der Waals surface area contributed by atoms with Gasteiger partial charge in [0.15, 0.2) is 0 Å². The second-order valence-electron chi connectivity index (χ2n) is 17.5. The molecule has 3 atom stereocenters. The van der Waals surface area contributed by atoms with Crippen molar-refractivity contribution in [3.05, 3.63) is 122 Å². The molecule has 1 amide bonds. The number of nitrogens with one attached hydrogen (secondary N) is 1. The van der Waals surface area contributed by atoms with Crippen LogP contribution in [-0.4, -0.2) is 46.9 Å². The Morgan fingerprint density at radius 1 is 0.470 bits per heavy atom. The smallest absolute Gasteiger partial charge is 0.306 e. The highest BCUT2D eigenvalue weighted by molar-refractivity contribution is 5.78. The number of allylic oxidation sites excluding steroid dienone is 19. The fraction of sp³-hybridized carbons (Fsp3) is 0.633. The minimum atomic E-state index is -0.837. The highest BCUT2D eigenvalue weighted by atomic mass is 16.5. The van der Waals surface area contributed by atoms with E-state index in [1.54, 1.807) is 6.08 Å². The standard InChI is InChI=1S/C60H99NO5/c1-4-7-10-13-16-19-22-25-27-29-31-34-36-39-42-45-48-51-56(66-60(65)53-50-47-44-41-38-35-32-30-28-26-23-20-17-14-11-8-5-2)54-59(64)61-57(55-62)58(63)52-49-46-43-40-37-33-24-21-18-15-12-9-6-3/h7,10,16-17,19-20,25-28,31-32,34-35,39,41-42,44,48,51,56-58,62-63H,4-6,8-9,11-15,18,21-24,29-30,33,36-38,40,43,45-47,49-50,52-55H2,1-3H3,(H,61,64)/b10-7-,19-16-,20-17-,27-25-,28-26-,34-31-,35-32-,42-39-,44-41-,51-48-. The molecule has 0 aliphatic carbocycles. The molecule has 3 N–H and O–H groups in total. The molecule has 0 aromatic carbocycles. The molecule has 0 aromatic rings. The maximum Gasteiger partial charge on any atom is 0.306 e. The van der Waals surface area contributed by atoms with Crippen LogP contribution in [-0.2, 0) is 14.3 Å². The number of unbranched alkanes of at least 4 members (excludes halogenated alkanes) is 16. The number of amides is 1. The quantitative estimate of drug-likeness (QED) is 0.0321. The number of aliphatic hydroxyl groups is 2. The summed E-state index contributed by atoms with van der Waals surface area (Å²) in [6.07, 6.45) is 72.9. The lowest BCUT2D eigenvalue weighted by Crippen LogP contribution is -2.46. The van der Waals surface area contributed by atoms with Gasteiger partial charge in [0.2, 0.25) is 5.91 Å². The molecule has 3 unspecified atom stereocenters. The number of aliphatic hydroxyl groups excluding tert-OH is 2. The minimum absolute atomic E-state index is 0.0763. The van der Waals surface area contributed by atoms with E-state index in [1.807, 2.05) is 6.08 Å². The maximum atomic E-state index is 13.2. The van der Waals surface area contributed by atoms with Crippen molar-refractivity contribution in [3.8, 4) is 0 Å². The highest BCUT2D eigenvalue weighted by Gasteiger charge is 2.23. The van der Waals surface area contributed by atoms with E-state index < -0.39 is 18.2 Å². The van der Waals surface area contributed by atoms with Gasteiger partial charge in [0.1, 0.15) is 6.10 Å². The Balaban J connectivity index is 4.88. The summed E-state index contributed by atoms with van der Waals surface area (Å²) in [5.41, 5.74) is 0. The van der Waals surface area contributed by atoms with E-state index in [-0.39, 0.29) is 31.3 Å². The van der Waals surface area contributed by atoms with E-state index in [0.29, 0.717) is 19.3 Å². The van der Waals surface area contributed by atoms with Crippen molar-refractivity contribution in [2.75, 3.05) is 6.61 Å².